The van der Waals surface area contributed by atoms with Gasteiger partial charge in [-0.15, -0.1) is 23.7 Å². The molecule has 0 spiro atoms. The molecule has 1 aliphatic heterocycles. The predicted octanol–water partition coefficient (Wildman–Crippen LogP) is 2.74. The van der Waals surface area contributed by atoms with Gasteiger partial charge in [0.1, 0.15) is 0 Å². The monoisotopic (exact) mass is 349 g/mol. The molecule has 1 atom stereocenters. The molecule has 1 saturated heterocycles. The molecule has 2 heterocycles. The minimum Gasteiger partial charge on any atom is -0.379 e. The van der Waals surface area contributed by atoms with Gasteiger partial charge in [-0.05, 0) is 11.4 Å². The number of halogens is 1. The van der Waals surface area contributed by atoms with E-state index in [0.29, 0.717) is 6.54 Å². The molecule has 0 saturated carbocycles. The maximum absolute atomic E-state index is 11.2. The lowest BCUT2D eigenvalue weighted by Gasteiger charge is -2.25. The molecule has 23 heavy (non-hydrogen) atoms. The fraction of sp³-hybridized carbons (Fsp3) is 0.333. The third kappa shape index (κ3) is 4.35. The van der Waals surface area contributed by atoms with Gasteiger partial charge >= 0.3 is 0 Å². The van der Waals surface area contributed by atoms with Crippen molar-refractivity contribution in [3.05, 3.63) is 58.3 Å². The van der Waals surface area contributed by atoms with Crippen LogP contribution in [0.1, 0.15) is 10.4 Å². The number of aliphatic hydroxyl groups is 1. The molecule has 1 aromatic carbocycles. The molecular weight excluding hydrogens is 330 g/mol. The van der Waals surface area contributed by atoms with Gasteiger partial charge in [0, 0.05) is 18.7 Å². The van der Waals surface area contributed by atoms with E-state index < -0.39 is 5.60 Å². The molecule has 3 rings (SSSR count). The number of morpholine rings is 1. The Bertz CT molecular complexity index is 645. The van der Waals surface area contributed by atoms with Crippen LogP contribution in [0.4, 0.5) is 0 Å². The summed E-state index contributed by atoms with van der Waals surface area (Å²) in [5.41, 5.74) is -0.422. The number of nitrogens with zero attached hydrogens (tertiary/aromatic N) is 1. The zero-order chi connectivity index (χ0) is 15.3. The number of hydrogen-bond donors (Lipinski definition) is 1. The Morgan fingerprint density at radius 2 is 1.87 bits per heavy atom. The number of hydrogen-bond acceptors (Lipinski definition) is 4. The first-order valence-electron chi connectivity index (χ1n) is 7.41. The summed E-state index contributed by atoms with van der Waals surface area (Å²) in [6, 6.07) is 13.5. The Labute approximate surface area is 147 Å². The average molecular weight is 350 g/mol. The van der Waals surface area contributed by atoms with Crippen molar-refractivity contribution in [2.24, 2.45) is 0 Å². The van der Waals surface area contributed by atoms with E-state index in [0.717, 1.165) is 36.7 Å². The zero-order valence-corrected chi connectivity index (χ0v) is 14.4. The van der Waals surface area contributed by atoms with Crippen molar-refractivity contribution in [2.45, 2.75) is 5.60 Å². The zero-order valence-electron chi connectivity index (χ0n) is 12.8. The van der Waals surface area contributed by atoms with Crippen molar-refractivity contribution >= 4 is 23.7 Å². The first kappa shape index (κ1) is 18.0. The molecule has 1 aliphatic rings. The summed E-state index contributed by atoms with van der Waals surface area (Å²) in [7, 11) is 0. The van der Waals surface area contributed by atoms with E-state index in [1.54, 1.807) is 0 Å². The molecule has 122 valence electrons. The predicted molar refractivity (Wildman–Crippen MR) is 96.0 cm³/mol. The summed E-state index contributed by atoms with van der Waals surface area (Å²) in [5.74, 6) is 6.26. The molecule has 1 fully saturated rings. The molecule has 0 radical (unpaired) electrons. The fourth-order valence-corrected chi connectivity index (χ4v) is 3.28. The molecule has 0 aliphatic carbocycles. The van der Waals surface area contributed by atoms with E-state index in [9.17, 15) is 5.11 Å². The van der Waals surface area contributed by atoms with Crippen molar-refractivity contribution in [3.8, 4) is 11.8 Å². The van der Waals surface area contributed by atoms with Crippen molar-refractivity contribution in [2.75, 3.05) is 32.8 Å². The van der Waals surface area contributed by atoms with Crippen molar-refractivity contribution < 1.29 is 9.84 Å². The molecule has 1 N–H and O–H groups in total. The highest BCUT2D eigenvalue weighted by molar-refractivity contribution is 7.10. The Morgan fingerprint density at radius 1 is 1.13 bits per heavy atom. The second-order valence-corrected chi connectivity index (χ2v) is 6.19. The highest BCUT2D eigenvalue weighted by atomic mass is 35.5. The maximum Gasteiger partial charge on any atom is 0.186 e. The third-order valence-electron chi connectivity index (χ3n) is 3.74. The SMILES string of the molecule is Cl.OC(C#CCN1CCOCC1)(c1ccccc1)c1cccs1. The van der Waals surface area contributed by atoms with Gasteiger partial charge in [-0.1, -0.05) is 48.2 Å². The van der Waals surface area contributed by atoms with Crippen LogP contribution in [0.2, 0.25) is 0 Å². The molecule has 1 unspecified atom stereocenters. The number of rotatable bonds is 3. The second kappa shape index (κ2) is 8.49. The van der Waals surface area contributed by atoms with Gasteiger partial charge in [0.15, 0.2) is 5.60 Å². The van der Waals surface area contributed by atoms with Gasteiger partial charge in [-0.25, -0.2) is 0 Å². The van der Waals surface area contributed by atoms with Crippen LogP contribution in [-0.2, 0) is 10.3 Å². The number of benzene rings is 1. The molecule has 1 aromatic heterocycles. The lowest BCUT2D eigenvalue weighted by atomic mass is 9.93. The Morgan fingerprint density at radius 3 is 2.52 bits per heavy atom. The molecule has 5 heteroatoms. The maximum atomic E-state index is 11.2. The van der Waals surface area contributed by atoms with Crippen LogP contribution in [-0.4, -0.2) is 42.9 Å². The van der Waals surface area contributed by atoms with Gasteiger partial charge in [-0.3, -0.25) is 4.90 Å². The van der Waals surface area contributed by atoms with E-state index in [2.05, 4.69) is 16.7 Å². The summed E-state index contributed by atoms with van der Waals surface area (Å²) in [5, 5.41) is 13.1. The largest absolute Gasteiger partial charge is 0.379 e. The summed E-state index contributed by atoms with van der Waals surface area (Å²) >= 11 is 1.52. The van der Waals surface area contributed by atoms with Crippen LogP contribution in [0.5, 0.6) is 0 Å². The summed E-state index contributed by atoms with van der Waals surface area (Å²) in [4.78, 5) is 3.10. The summed E-state index contributed by atoms with van der Waals surface area (Å²) in [6.07, 6.45) is 0. The van der Waals surface area contributed by atoms with E-state index in [4.69, 9.17) is 4.74 Å². The van der Waals surface area contributed by atoms with Gasteiger partial charge in [-0.2, -0.15) is 0 Å². The lowest BCUT2D eigenvalue weighted by Crippen LogP contribution is -2.36. The van der Waals surface area contributed by atoms with E-state index >= 15 is 0 Å². The van der Waals surface area contributed by atoms with Crippen LogP contribution in [0, 0.1) is 11.8 Å². The van der Waals surface area contributed by atoms with Crippen molar-refractivity contribution in [1.82, 2.24) is 4.90 Å². The van der Waals surface area contributed by atoms with Crippen LogP contribution in [0.15, 0.2) is 47.8 Å². The third-order valence-corrected chi connectivity index (χ3v) is 4.72. The Kier molecular flexibility index (Phi) is 6.64. The van der Waals surface area contributed by atoms with Crippen LogP contribution in [0.3, 0.4) is 0 Å². The number of thiophene rings is 1. The van der Waals surface area contributed by atoms with Crippen LogP contribution >= 0.6 is 23.7 Å². The Balaban J connectivity index is 0.00000192. The van der Waals surface area contributed by atoms with Crippen LogP contribution in [0.25, 0.3) is 0 Å². The van der Waals surface area contributed by atoms with Gasteiger partial charge in [0.25, 0.3) is 0 Å². The molecule has 3 nitrogen and oxygen atoms in total. The normalized spacial score (nSPS) is 17.4. The van der Waals surface area contributed by atoms with Crippen LogP contribution < -0.4 is 0 Å². The Hall–Kier alpha value is -1.35. The van der Waals surface area contributed by atoms with Crippen molar-refractivity contribution in [1.29, 1.82) is 0 Å². The highest BCUT2D eigenvalue weighted by Gasteiger charge is 2.30. The first-order chi connectivity index (χ1) is 10.8. The standard InChI is InChI=1S/C18H19NO2S.ClH/c20-18(17-8-4-15-22-17,16-6-2-1-3-7-16)9-5-10-19-11-13-21-14-12-19;/h1-4,6-8,15,20H,10-14H2;1H. The molecule has 2 aromatic rings. The molecular formula is C18H20ClNO2S. The topological polar surface area (TPSA) is 32.7 Å². The van der Waals surface area contributed by atoms with Gasteiger partial charge < -0.3 is 9.84 Å². The number of ether oxygens (including phenoxy) is 1. The van der Waals surface area contributed by atoms with Gasteiger partial charge in [0.05, 0.1) is 24.6 Å². The summed E-state index contributed by atoms with van der Waals surface area (Å²) < 4.78 is 5.34. The lowest BCUT2D eigenvalue weighted by molar-refractivity contribution is 0.0442. The fourth-order valence-electron chi connectivity index (χ4n) is 2.48. The van der Waals surface area contributed by atoms with Gasteiger partial charge in [0.2, 0.25) is 0 Å². The first-order valence-corrected chi connectivity index (χ1v) is 8.29. The van der Waals surface area contributed by atoms with E-state index in [1.165, 1.54) is 11.3 Å². The molecule has 0 amide bonds. The van der Waals surface area contributed by atoms with E-state index in [1.807, 2.05) is 47.8 Å². The average Bonchev–Trinajstić information content (AvgIpc) is 3.12. The highest BCUT2D eigenvalue weighted by Crippen LogP contribution is 2.32. The minimum atomic E-state index is -1.23. The van der Waals surface area contributed by atoms with E-state index in [-0.39, 0.29) is 12.4 Å². The summed E-state index contributed by atoms with van der Waals surface area (Å²) in [6.45, 7) is 3.98. The smallest absolute Gasteiger partial charge is 0.186 e. The van der Waals surface area contributed by atoms with Crippen molar-refractivity contribution in [3.63, 3.8) is 0 Å². The minimum absolute atomic E-state index is 0. The second-order valence-electron chi connectivity index (χ2n) is 5.24. The quantitative estimate of drug-likeness (QED) is 0.865. The molecule has 0 bridgehead atoms.